The summed E-state index contributed by atoms with van der Waals surface area (Å²) in [5.41, 5.74) is 0.380. The van der Waals surface area contributed by atoms with Gasteiger partial charge in [0, 0.05) is 24.8 Å². The molecule has 27 heavy (non-hydrogen) atoms. The van der Waals surface area contributed by atoms with Crippen LogP contribution in [0.25, 0.3) is 0 Å². The van der Waals surface area contributed by atoms with E-state index in [0.29, 0.717) is 12.8 Å². The van der Waals surface area contributed by atoms with Crippen LogP contribution in [0.1, 0.15) is 24.3 Å². The van der Waals surface area contributed by atoms with E-state index in [1.165, 1.54) is 17.3 Å². The lowest BCUT2D eigenvalue weighted by atomic mass is 9.98. The molecule has 0 saturated carbocycles. The molecule has 1 amide bonds. The highest BCUT2D eigenvalue weighted by Gasteiger charge is 2.36. The number of carbonyl (C=O) groups excluding carboxylic acids is 1. The maximum Gasteiger partial charge on any atom is 0.248 e. The number of halogens is 2. The summed E-state index contributed by atoms with van der Waals surface area (Å²) < 4.78 is 58.3. The zero-order valence-electron chi connectivity index (χ0n) is 14.8. The summed E-state index contributed by atoms with van der Waals surface area (Å²) >= 11 is 0. The van der Waals surface area contributed by atoms with E-state index in [2.05, 4.69) is 10.5 Å². The number of aromatic nitrogens is 1. The van der Waals surface area contributed by atoms with Crippen LogP contribution in [0.2, 0.25) is 0 Å². The molecule has 0 radical (unpaired) electrons. The Bertz CT molecular complexity index is 955. The van der Waals surface area contributed by atoms with E-state index < -0.39 is 33.5 Å². The first-order chi connectivity index (χ1) is 12.7. The maximum absolute atomic E-state index is 13.3. The third-order valence-corrected chi connectivity index (χ3v) is 6.62. The number of nitrogens with one attached hydrogen (secondary N) is 1. The lowest BCUT2D eigenvalue weighted by Gasteiger charge is -2.31. The summed E-state index contributed by atoms with van der Waals surface area (Å²) in [6.45, 7) is 3.33. The van der Waals surface area contributed by atoms with Crippen molar-refractivity contribution in [3.05, 3.63) is 41.3 Å². The van der Waals surface area contributed by atoms with Crippen molar-refractivity contribution in [2.45, 2.75) is 31.6 Å². The molecule has 0 bridgehead atoms. The van der Waals surface area contributed by atoms with Crippen molar-refractivity contribution in [3.63, 3.8) is 0 Å². The number of carbonyl (C=O) groups is 1. The number of benzene rings is 1. The van der Waals surface area contributed by atoms with E-state index in [1.807, 2.05) is 0 Å². The van der Waals surface area contributed by atoms with E-state index in [4.69, 9.17) is 4.52 Å². The average molecular weight is 399 g/mol. The number of aryl methyl sites for hydroxylation is 2. The van der Waals surface area contributed by atoms with E-state index >= 15 is 0 Å². The van der Waals surface area contributed by atoms with Crippen LogP contribution in [0.4, 0.5) is 14.5 Å². The number of amides is 1. The highest BCUT2D eigenvalue weighted by molar-refractivity contribution is 7.89. The Balaban J connectivity index is 1.75. The zero-order valence-corrected chi connectivity index (χ0v) is 15.6. The molecular weight excluding hydrogens is 380 g/mol. The predicted octanol–water partition coefficient (Wildman–Crippen LogP) is 2.61. The molecule has 1 N–H and O–H groups in total. The van der Waals surface area contributed by atoms with Crippen molar-refractivity contribution in [1.82, 2.24) is 9.46 Å². The molecule has 7 nitrogen and oxygen atoms in total. The average Bonchev–Trinajstić information content (AvgIpc) is 2.97. The summed E-state index contributed by atoms with van der Waals surface area (Å²) in [6.07, 6.45) is 0.988. The van der Waals surface area contributed by atoms with Crippen molar-refractivity contribution >= 4 is 21.6 Å². The van der Waals surface area contributed by atoms with Gasteiger partial charge in [0.25, 0.3) is 0 Å². The smallest absolute Gasteiger partial charge is 0.248 e. The number of hydrogen-bond acceptors (Lipinski definition) is 5. The van der Waals surface area contributed by atoms with Gasteiger partial charge in [0.1, 0.15) is 10.6 Å². The minimum atomic E-state index is -3.84. The van der Waals surface area contributed by atoms with Crippen molar-refractivity contribution in [2.75, 3.05) is 18.4 Å². The molecule has 2 heterocycles. The molecule has 0 unspecified atom stereocenters. The molecule has 0 aliphatic carbocycles. The summed E-state index contributed by atoms with van der Waals surface area (Å²) in [5.74, 6) is -2.94. The second-order valence-electron chi connectivity index (χ2n) is 6.47. The van der Waals surface area contributed by atoms with Crippen LogP contribution in [0.5, 0.6) is 0 Å². The summed E-state index contributed by atoms with van der Waals surface area (Å²) in [5, 5.41) is 6.19. The first-order valence-electron chi connectivity index (χ1n) is 8.39. The van der Waals surface area contributed by atoms with Gasteiger partial charge in [-0.15, -0.1) is 0 Å². The quantitative estimate of drug-likeness (QED) is 0.853. The van der Waals surface area contributed by atoms with Crippen LogP contribution >= 0.6 is 0 Å². The third-order valence-electron chi connectivity index (χ3n) is 4.51. The van der Waals surface area contributed by atoms with Crippen LogP contribution in [-0.2, 0) is 14.8 Å². The first kappa shape index (κ1) is 19.4. The molecule has 1 aromatic heterocycles. The lowest BCUT2D eigenvalue weighted by Crippen LogP contribution is -2.43. The van der Waals surface area contributed by atoms with Crippen molar-refractivity contribution in [2.24, 2.45) is 5.92 Å². The first-order valence-corrected chi connectivity index (χ1v) is 9.83. The molecule has 1 atom stereocenters. The Labute approximate surface area is 155 Å². The van der Waals surface area contributed by atoms with E-state index in [0.717, 1.165) is 12.1 Å². The Kier molecular flexibility index (Phi) is 5.29. The van der Waals surface area contributed by atoms with Crippen molar-refractivity contribution < 1.29 is 26.5 Å². The summed E-state index contributed by atoms with van der Waals surface area (Å²) in [4.78, 5) is 12.5. The Morgan fingerprint density at radius 1 is 1.30 bits per heavy atom. The van der Waals surface area contributed by atoms with Crippen molar-refractivity contribution in [3.8, 4) is 0 Å². The van der Waals surface area contributed by atoms with Crippen molar-refractivity contribution in [1.29, 1.82) is 0 Å². The van der Waals surface area contributed by atoms with E-state index in [1.54, 1.807) is 6.92 Å². The molecular formula is C17H19F2N3O4S. The third kappa shape index (κ3) is 3.86. The standard InChI is InChI=1S/C17H19F2N3O4S/c1-10-16(11(2)26-21-10)27(24,25)22-7-3-4-12(9-22)17(23)20-13-5-6-14(18)15(19)8-13/h5-6,8,12H,3-4,7,9H2,1-2H3,(H,20,23)/t12-/m1/s1. The van der Waals surface area contributed by atoms with Gasteiger partial charge in [-0.2, -0.15) is 4.31 Å². The van der Waals surface area contributed by atoms with Gasteiger partial charge in [0.2, 0.25) is 15.9 Å². The SMILES string of the molecule is Cc1noc(C)c1S(=O)(=O)N1CCC[C@@H](C(=O)Nc2ccc(F)c(F)c2)C1. The number of anilines is 1. The highest BCUT2D eigenvalue weighted by atomic mass is 32.2. The number of sulfonamides is 1. The number of piperidine rings is 1. The molecule has 1 aromatic carbocycles. The van der Waals surface area contributed by atoms with Gasteiger partial charge in [-0.25, -0.2) is 17.2 Å². The molecule has 1 saturated heterocycles. The molecule has 10 heteroatoms. The Morgan fingerprint density at radius 2 is 2.04 bits per heavy atom. The van der Waals surface area contributed by atoms with Crippen LogP contribution in [-0.4, -0.2) is 36.9 Å². The molecule has 1 aliphatic heterocycles. The van der Waals surface area contributed by atoms with Crippen LogP contribution in [0, 0.1) is 31.4 Å². The topological polar surface area (TPSA) is 92.5 Å². The predicted molar refractivity (Wildman–Crippen MR) is 92.4 cm³/mol. The molecule has 1 fully saturated rings. The normalized spacial score (nSPS) is 18.4. The zero-order chi connectivity index (χ0) is 19.8. The number of nitrogens with zero attached hydrogens (tertiary/aromatic N) is 2. The fraction of sp³-hybridized carbons (Fsp3) is 0.412. The molecule has 1 aliphatic rings. The van der Waals surface area contributed by atoms with Gasteiger partial charge >= 0.3 is 0 Å². The molecule has 146 valence electrons. The van der Waals surface area contributed by atoms with Gasteiger partial charge in [-0.05, 0) is 38.8 Å². The molecule has 3 rings (SSSR count). The minimum Gasteiger partial charge on any atom is -0.360 e. The lowest BCUT2D eigenvalue weighted by molar-refractivity contribution is -0.120. The Hall–Kier alpha value is -2.33. The fourth-order valence-electron chi connectivity index (χ4n) is 3.16. The minimum absolute atomic E-state index is 0.0120. The van der Waals surface area contributed by atoms with Gasteiger partial charge in [0.15, 0.2) is 17.4 Å². The largest absolute Gasteiger partial charge is 0.360 e. The van der Waals surface area contributed by atoms with Crippen LogP contribution in [0.15, 0.2) is 27.6 Å². The van der Waals surface area contributed by atoms with E-state index in [9.17, 15) is 22.0 Å². The van der Waals surface area contributed by atoms with Gasteiger partial charge < -0.3 is 9.84 Å². The van der Waals surface area contributed by atoms with Crippen LogP contribution in [0.3, 0.4) is 0 Å². The molecule has 2 aromatic rings. The highest BCUT2D eigenvalue weighted by Crippen LogP contribution is 2.28. The van der Waals surface area contributed by atoms with Gasteiger partial charge in [-0.1, -0.05) is 5.16 Å². The Morgan fingerprint density at radius 3 is 2.67 bits per heavy atom. The van der Waals surface area contributed by atoms with E-state index in [-0.39, 0.29) is 35.1 Å². The maximum atomic E-state index is 13.3. The summed E-state index contributed by atoms with van der Waals surface area (Å²) in [6, 6.07) is 3.05. The summed E-state index contributed by atoms with van der Waals surface area (Å²) in [7, 11) is -3.84. The number of rotatable bonds is 4. The van der Waals surface area contributed by atoms with Gasteiger partial charge in [0.05, 0.1) is 5.92 Å². The van der Waals surface area contributed by atoms with Gasteiger partial charge in [-0.3, -0.25) is 4.79 Å². The monoisotopic (exact) mass is 399 g/mol. The molecule has 0 spiro atoms. The fourth-order valence-corrected chi connectivity index (χ4v) is 4.98. The second kappa shape index (κ2) is 7.35. The van der Waals surface area contributed by atoms with Crippen LogP contribution < -0.4 is 5.32 Å². The number of hydrogen-bond donors (Lipinski definition) is 1. The second-order valence-corrected chi connectivity index (χ2v) is 8.35.